The van der Waals surface area contributed by atoms with Gasteiger partial charge in [0.1, 0.15) is 11.5 Å². The fraction of sp³-hybridized carbons (Fsp3) is 0.278. The zero-order valence-electron chi connectivity index (χ0n) is 11.6. The van der Waals surface area contributed by atoms with Crippen LogP contribution in [-0.2, 0) is 0 Å². The summed E-state index contributed by atoms with van der Waals surface area (Å²) >= 11 is 0. The molecule has 3 heteroatoms. The van der Waals surface area contributed by atoms with E-state index in [4.69, 9.17) is 0 Å². The predicted molar refractivity (Wildman–Crippen MR) is 80.3 cm³/mol. The molecule has 2 fully saturated rings. The van der Waals surface area contributed by atoms with Crippen LogP contribution >= 0.6 is 0 Å². The summed E-state index contributed by atoms with van der Waals surface area (Å²) < 4.78 is 13.0. The zero-order valence-corrected chi connectivity index (χ0v) is 11.6. The second-order valence-corrected chi connectivity index (χ2v) is 5.88. The first-order valence-electron chi connectivity index (χ1n) is 7.20. The standard InChI is InChI=1S/C18H15FN2/c19-15-4-6-17(7-5-15)21-12-14-11-18(14,13-21)9-8-16-3-1-2-10-20-16/h1-7,10,14H,11-13H2. The Morgan fingerprint density at radius 1 is 1.19 bits per heavy atom. The van der Waals surface area contributed by atoms with Crippen LogP contribution in [0.15, 0.2) is 48.7 Å². The van der Waals surface area contributed by atoms with Crippen molar-refractivity contribution < 1.29 is 4.39 Å². The largest absolute Gasteiger partial charge is 0.370 e. The maximum absolute atomic E-state index is 13.0. The molecule has 0 radical (unpaired) electrons. The highest BCUT2D eigenvalue weighted by atomic mass is 19.1. The Bertz CT molecular complexity index is 714. The molecule has 1 aromatic heterocycles. The maximum Gasteiger partial charge on any atom is 0.123 e. The molecule has 2 unspecified atom stereocenters. The molecule has 4 rings (SSSR count). The second-order valence-electron chi connectivity index (χ2n) is 5.88. The summed E-state index contributed by atoms with van der Waals surface area (Å²) in [6.07, 6.45) is 2.94. The van der Waals surface area contributed by atoms with Crippen LogP contribution in [0.3, 0.4) is 0 Å². The number of pyridine rings is 1. The normalized spacial score (nSPS) is 26.0. The van der Waals surface area contributed by atoms with Crippen LogP contribution < -0.4 is 4.90 Å². The van der Waals surface area contributed by atoms with E-state index in [9.17, 15) is 4.39 Å². The van der Waals surface area contributed by atoms with Crippen molar-refractivity contribution in [1.82, 2.24) is 4.98 Å². The Labute approximate surface area is 123 Å². The molecule has 0 spiro atoms. The Morgan fingerprint density at radius 3 is 2.81 bits per heavy atom. The van der Waals surface area contributed by atoms with Crippen LogP contribution in [0.5, 0.6) is 0 Å². The van der Waals surface area contributed by atoms with Gasteiger partial charge >= 0.3 is 0 Å². The SMILES string of the molecule is Fc1ccc(N2CC3CC3(C#Cc3ccccn3)C2)cc1. The summed E-state index contributed by atoms with van der Waals surface area (Å²) in [5, 5.41) is 0. The van der Waals surface area contributed by atoms with Gasteiger partial charge in [0.15, 0.2) is 0 Å². The van der Waals surface area contributed by atoms with E-state index >= 15 is 0 Å². The van der Waals surface area contributed by atoms with Crippen molar-refractivity contribution in [2.45, 2.75) is 6.42 Å². The number of halogens is 1. The van der Waals surface area contributed by atoms with Gasteiger partial charge in [-0.05, 0) is 54.7 Å². The van der Waals surface area contributed by atoms with Gasteiger partial charge in [-0.1, -0.05) is 12.0 Å². The molecule has 104 valence electrons. The molecule has 21 heavy (non-hydrogen) atoms. The molecule has 1 aliphatic heterocycles. The number of benzene rings is 1. The van der Waals surface area contributed by atoms with E-state index < -0.39 is 0 Å². The summed E-state index contributed by atoms with van der Waals surface area (Å²) in [7, 11) is 0. The van der Waals surface area contributed by atoms with Crippen LogP contribution in [0.2, 0.25) is 0 Å². The van der Waals surface area contributed by atoms with E-state index in [2.05, 4.69) is 21.7 Å². The minimum Gasteiger partial charge on any atom is -0.370 e. The van der Waals surface area contributed by atoms with Crippen molar-refractivity contribution in [2.75, 3.05) is 18.0 Å². The lowest BCUT2D eigenvalue weighted by molar-refractivity contribution is 0.627. The number of aromatic nitrogens is 1. The molecule has 2 aromatic rings. The molecule has 0 amide bonds. The fourth-order valence-electron chi connectivity index (χ4n) is 3.15. The van der Waals surface area contributed by atoms with Crippen LogP contribution in [0.4, 0.5) is 10.1 Å². The van der Waals surface area contributed by atoms with Crippen molar-refractivity contribution in [1.29, 1.82) is 0 Å². The minimum atomic E-state index is -0.187. The lowest BCUT2D eigenvalue weighted by Crippen LogP contribution is -2.24. The van der Waals surface area contributed by atoms with E-state index in [1.165, 1.54) is 18.6 Å². The zero-order chi connectivity index (χ0) is 14.3. The Hall–Kier alpha value is -2.34. The molecule has 1 saturated carbocycles. The number of hydrogen-bond acceptors (Lipinski definition) is 2. The number of rotatable bonds is 1. The highest BCUT2D eigenvalue weighted by Crippen LogP contribution is 2.57. The molecule has 2 aliphatic rings. The summed E-state index contributed by atoms with van der Waals surface area (Å²) in [6.45, 7) is 1.95. The lowest BCUT2D eigenvalue weighted by Gasteiger charge is -2.21. The van der Waals surface area contributed by atoms with Gasteiger partial charge in [0.2, 0.25) is 0 Å². The van der Waals surface area contributed by atoms with Gasteiger partial charge in [-0.3, -0.25) is 0 Å². The molecular weight excluding hydrogens is 263 g/mol. The fourth-order valence-corrected chi connectivity index (χ4v) is 3.15. The average molecular weight is 278 g/mol. The topological polar surface area (TPSA) is 16.1 Å². The van der Waals surface area contributed by atoms with Crippen molar-refractivity contribution in [3.63, 3.8) is 0 Å². The number of fused-ring (bicyclic) bond motifs is 1. The molecule has 1 aromatic carbocycles. The summed E-state index contributed by atoms with van der Waals surface area (Å²) in [5.74, 6) is 7.08. The van der Waals surface area contributed by atoms with Crippen molar-refractivity contribution in [3.05, 3.63) is 60.2 Å². The first kappa shape index (κ1) is 12.4. The molecule has 2 atom stereocenters. The number of piperidine rings is 1. The summed E-state index contributed by atoms with van der Waals surface area (Å²) in [6, 6.07) is 12.5. The summed E-state index contributed by atoms with van der Waals surface area (Å²) in [5.41, 5.74) is 2.03. The Balaban J connectivity index is 1.52. The van der Waals surface area contributed by atoms with Gasteiger partial charge in [-0.15, -0.1) is 0 Å². The van der Waals surface area contributed by atoms with Crippen LogP contribution in [0, 0.1) is 29.0 Å². The monoisotopic (exact) mass is 278 g/mol. The quantitative estimate of drug-likeness (QED) is 0.745. The third kappa shape index (κ3) is 2.27. The van der Waals surface area contributed by atoms with Crippen molar-refractivity contribution in [3.8, 4) is 11.8 Å². The first-order chi connectivity index (χ1) is 10.3. The highest BCUT2D eigenvalue weighted by Gasteiger charge is 2.59. The van der Waals surface area contributed by atoms with Crippen LogP contribution in [-0.4, -0.2) is 18.1 Å². The minimum absolute atomic E-state index is 0.117. The van der Waals surface area contributed by atoms with Crippen molar-refractivity contribution >= 4 is 5.69 Å². The van der Waals surface area contributed by atoms with Gasteiger partial charge in [0.25, 0.3) is 0 Å². The highest BCUT2D eigenvalue weighted by molar-refractivity contribution is 5.52. The molecule has 2 nitrogen and oxygen atoms in total. The molecular formula is C18H15FN2. The van der Waals surface area contributed by atoms with Crippen LogP contribution in [0.1, 0.15) is 12.1 Å². The molecule has 0 bridgehead atoms. The van der Waals surface area contributed by atoms with Gasteiger partial charge in [-0.25, -0.2) is 9.37 Å². The number of anilines is 1. The van der Waals surface area contributed by atoms with E-state index in [0.29, 0.717) is 5.92 Å². The number of hydrogen-bond donors (Lipinski definition) is 0. The van der Waals surface area contributed by atoms with E-state index in [0.717, 1.165) is 24.5 Å². The van der Waals surface area contributed by atoms with Crippen LogP contribution in [0.25, 0.3) is 0 Å². The summed E-state index contributed by atoms with van der Waals surface area (Å²) in [4.78, 5) is 6.55. The average Bonchev–Trinajstić information content (AvgIpc) is 3.08. The predicted octanol–water partition coefficient (Wildman–Crippen LogP) is 3.10. The maximum atomic E-state index is 13.0. The molecule has 2 heterocycles. The van der Waals surface area contributed by atoms with Crippen molar-refractivity contribution in [2.24, 2.45) is 11.3 Å². The molecule has 1 aliphatic carbocycles. The van der Waals surface area contributed by atoms with E-state index in [1.807, 2.05) is 30.3 Å². The molecule has 0 N–H and O–H groups in total. The Kier molecular flexibility index (Phi) is 2.71. The Morgan fingerprint density at radius 2 is 2.05 bits per heavy atom. The lowest BCUT2D eigenvalue weighted by atomic mass is 10.1. The third-order valence-electron chi connectivity index (χ3n) is 4.44. The van der Waals surface area contributed by atoms with Gasteiger partial charge in [-0.2, -0.15) is 0 Å². The van der Waals surface area contributed by atoms with E-state index in [1.54, 1.807) is 6.20 Å². The molecule has 1 saturated heterocycles. The van der Waals surface area contributed by atoms with Gasteiger partial charge < -0.3 is 4.90 Å². The van der Waals surface area contributed by atoms with Gasteiger partial charge in [0.05, 0.1) is 5.41 Å². The number of nitrogens with zero attached hydrogens (tertiary/aromatic N) is 2. The van der Waals surface area contributed by atoms with Gasteiger partial charge in [0, 0.05) is 25.0 Å². The third-order valence-corrected chi connectivity index (χ3v) is 4.44. The smallest absolute Gasteiger partial charge is 0.123 e. The van der Waals surface area contributed by atoms with E-state index in [-0.39, 0.29) is 11.2 Å². The second kappa shape index (κ2) is 4.60. The first-order valence-corrected chi connectivity index (χ1v) is 7.20.